The fourth-order valence-electron chi connectivity index (χ4n) is 3.42. The van der Waals surface area contributed by atoms with Crippen LogP contribution in [0.25, 0.3) is 0 Å². The van der Waals surface area contributed by atoms with Crippen LogP contribution in [0, 0.1) is 17.3 Å². The molecule has 3 nitrogen and oxygen atoms in total. The van der Waals surface area contributed by atoms with E-state index in [9.17, 15) is 9.90 Å². The number of rotatable bonds is 3. The molecule has 0 aromatic carbocycles. The Balaban J connectivity index is 1.86. The number of hydrogen-bond donors (Lipinski definition) is 1. The number of hydrogen-bond acceptors (Lipinski definition) is 2. The van der Waals surface area contributed by atoms with Gasteiger partial charge in [0.25, 0.3) is 0 Å². The normalized spacial score (nSPS) is 33.2. The first-order valence-electron chi connectivity index (χ1n) is 7.43. The van der Waals surface area contributed by atoms with Crippen molar-refractivity contribution in [1.29, 1.82) is 0 Å². The van der Waals surface area contributed by atoms with Gasteiger partial charge >= 0.3 is 5.97 Å². The molecule has 18 heavy (non-hydrogen) atoms. The molecule has 1 saturated heterocycles. The molecule has 0 radical (unpaired) electrons. The molecule has 3 heteroatoms. The third-order valence-corrected chi connectivity index (χ3v) is 4.93. The lowest BCUT2D eigenvalue weighted by atomic mass is 9.77. The Bertz CT molecular complexity index is 291. The van der Waals surface area contributed by atoms with Gasteiger partial charge in [-0.05, 0) is 50.1 Å². The zero-order valence-corrected chi connectivity index (χ0v) is 11.8. The quantitative estimate of drug-likeness (QED) is 0.840. The molecule has 1 aliphatic heterocycles. The van der Waals surface area contributed by atoms with Crippen LogP contribution in [0.1, 0.15) is 52.4 Å². The van der Waals surface area contributed by atoms with Gasteiger partial charge in [0, 0.05) is 6.54 Å². The third-order valence-electron chi connectivity index (χ3n) is 4.93. The van der Waals surface area contributed by atoms with Crippen LogP contribution in [0.3, 0.4) is 0 Å². The summed E-state index contributed by atoms with van der Waals surface area (Å²) in [6.45, 7) is 7.98. The molecule has 0 bridgehead atoms. The minimum Gasteiger partial charge on any atom is -0.481 e. The van der Waals surface area contributed by atoms with Crippen LogP contribution < -0.4 is 0 Å². The number of aliphatic carboxylic acids is 1. The fourth-order valence-corrected chi connectivity index (χ4v) is 3.42. The van der Waals surface area contributed by atoms with Crippen molar-refractivity contribution < 1.29 is 9.90 Å². The SMILES string of the molecule is CC1(C)CCN(C[C@@H]2CCCC[C@@H]2C(=O)O)CC1. The van der Waals surface area contributed by atoms with E-state index in [0.29, 0.717) is 11.3 Å². The molecule has 0 unspecified atom stereocenters. The van der Waals surface area contributed by atoms with E-state index in [0.717, 1.165) is 38.9 Å². The molecule has 1 heterocycles. The summed E-state index contributed by atoms with van der Waals surface area (Å²) in [7, 11) is 0. The second-order valence-corrected chi connectivity index (χ2v) is 6.95. The van der Waals surface area contributed by atoms with Gasteiger partial charge in [-0.15, -0.1) is 0 Å². The molecule has 1 N–H and O–H groups in total. The van der Waals surface area contributed by atoms with Gasteiger partial charge in [-0.2, -0.15) is 0 Å². The van der Waals surface area contributed by atoms with E-state index < -0.39 is 5.97 Å². The van der Waals surface area contributed by atoms with Crippen LogP contribution in [-0.4, -0.2) is 35.6 Å². The molecule has 2 rings (SSSR count). The van der Waals surface area contributed by atoms with Gasteiger partial charge in [-0.1, -0.05) is 26.7 Å². The maximum atomic E-state index is 11.3. The summed E-state index contributed by atoms with van der Waals surface area (Å²) in [5.41, 5.74) is 0.481. The fraction of sp³-hybridized carbons (Fsp3) is 0.933. The van der Waals surface area contributed by atoms with Crippen LogP contribution in [0.15, 0.2) is 0 Å². The average Bonchev–Trinajstić information content (AvgIpc) is 2.32. The minimum atomic E-state index is -0.572. The second-order valence-electron chi connectivity index (χ2n) is 6.95. The molecule has 1 aliphatic carbocycles. The lowest BCUT2D eigenvalue weighted by molar-refractivity contribution is -0.145. The Labute approximate surface area is 111 Å². The van der Waals surface area contributed by atoms with Gasteiger partial charge in [0.05, 0.1) is 5.92 Å². The lowest BCUT2D eigenvalue weighted by Crippen LogP contribution is -2.43. The van der Waals surface area contributed by atoms with Crippen LogP contribution in [0.5, 0.6) is 0 Å². The molecule has 104 valence electrons. The number of nitrogens with zero attached hydrogens (tertiary/aromatic N) is 1. The van der Waals surface area contributed by atoms with Gasteiger partial charge in [-0.25, -0.2) is 0 Å². The molecule has 0 spiro atoms. The zero-order chi connectivity index (χ0) is 13.2. The Morgan fingerprint density at radius 2 is 1.83 bits per heavy atom. The van der Waals surface area contributed by atoms with Gasteiger partial charge in [0.15, 0.2) is 0 Å². The Hall–Kier alpha value is -0.570. The topological polar surface area (TPSA) is 40.5 Å². The predicted octanol–water partition coefficient (Wildman–Crippen LogP) is 3.00. The number of piperidine rings is 1. The number of carbonyl (C=O) groups is 1. The molecule has 2 fully saturated rings. The molecule has 2 atom stereocenters. The standard InChI is InChI=1S/C15H27NO2/c1-15(2)7-9-16(10-8-15)11-12-5-3-4-6-13(12)14(17)18/h12-13H,3-11H2,1-2H3,(H,17,18)/t12-,13-/m0/s1. The molecule has 0 aromatic heterocycles. The van der Waals surface area contributed by atoms with Crippen molar-refractivity contribution in [2.75, 3.05) is 19.6 Å². The summed E-state index contributed by atoms with van der Waals surface area (Å²) >= 11 is 0. The van der Waals surface area contributed by atoms with Gasteiger partial charge < -0.3 is 10.0 Å². The van der Waals surface area contributed by atoms with Crippen molar-refractivity contribution in [2.24, 2.45) is 17.3 Å². The largest absolute Gasteiger partial charge is 0.481 e. The first kappa shape index (κ1) is 13.9. The summed E-state index contributed by atoms with van der Waals surface area (Å²) in [5, 5.41) is 9.30. The first-order chi connectivity index (χ1) is 8.48. The maximum Gasteiger partial charge on any atom is 0.306 e. The smallest absolute Gasteiger partial charge is 0.306 e. The molecule has 1 saturated carbocycles. The Morgan fingerprint density at radius 1 is 1.22 bits per heavy atom. The van der Waals surface area contributed by atoms with E-state index in [1.54, 1.807) is 0 Å². The van der Waals surface area contributed by atoms with Crippen molar-refractivity contribution in [2.45, 2.75) is 52.4 Å². The zero-order valence-electron chi connectivity index (χ0n) is 11.8. The first-order valence-corrected chi connectivity index (χ1v) is 7.43. The predicted molar refractivity (Wildman–Crippen MR) is 72.5 cm³/mol. The lowest BCUT2D eigenvalue weighted by Gasteiger charge is -2.40. The molecule has 0 amide bonds. The highest BCUT2D eigenvalue weighted by molar-refractivity contribution is 5.70. The highest BCUT2D eigenvalue weighted by atomic mass is 16.4. The van der Waals surface area contributed by atoms with Crippen molar-refractivity contribution >= 4 is 5.97 Å². The van der Waals surface area contributed by atoms with E-state index in [-0.39, 0.29) is 5.92 Å². The van der Waals surface area contributed by atoms with Gasteiger partial charge in [-0.3, -0.25) is 4.79 Å². The van der Waals surface area contributed by atoms with E-state index in [1.165, 1.54) is 19.3 Å². The summed E-state index contributed by atoms with van der Waals surface area (Å²) in [5.74, 6) is -0.275. The van der Waals surface area contributed by atoms with Crippen molar-refractivity contribution in [3.8, 4) is 0 Å². The third kappa shape index (κ3) is 3.47. The second kappa shape index (κ2) is 5.60. The molecule has 2 aliphatic rings. The van der Waals surface area contributed by atoms with Crippen LogP contribution in [-0.2, 0) is 4.79 Å². The highest BCUT2D eigenvalue weighted by Crippen LogP contribution is 2.34. The average molecular weight is 253 g/mol. The van der Waals surface area contributed by atoms with Crippen LogP contribution in [0.2, 0.25) is 0 Å². The van der Waals surface area contributed by atoms with Crippen molar-refractivity contribution in [3.05, 3.63) is 0 Å². The Morgan fingerprint density at radius 3 is 2.44 bits per heavy atom. The number of carboxylic acids is 1. The van der Waals surface area contributed by atoms with E-state index in [1.807, 2.05) is 0 Å². The van der Waals surface area contributed by atoms with Crippen LogP contribution >= 0.6 is 0 Å². The summed E-state index contributed by atoms with van der Waals surface area (Å²) in [4.78, 5) is 13.8. The van der Waals surface area contributed by atoms with Crippen molar-refractivity contribution in [3.63, 3.8) is 0 Å². The summed E-state index contributed by atoms with van der Waals surface area (Å²) < 4.78 is 0. The van der Waals surface area contributed by atoms with E-state index in [4.69, 9.17) is 0 Å². The summed E-state index contributed by atoms with van der Waals surface area (Å²) in [6, 6.07) is 0. The highest BCUT2D eigenvalue weighted by Gasteiger charge is 2.33. The van der Waals surface area contributed by atoms with Gasteiger partial charge in [0.1, 0.15) is 0 Å². The van der Waals surface area contributed by atoms with Crippen molar-refractivity contribution in [1.82, 2.24) is 4.90 Å². The monoisotopic (exact) mass is 253 g/mol. The molecular weight excluding hydrogens is 226 g/mol. The summed E-state index contributed by atoms with van der Waals surface area (Å²) in [6.07, 6.45) is 6.80. The van der Waals surface area contributed by atoms with Gasteiger partial charge in [0.2, 0.25) is 0 Å². The van der Waals surface area contributed by atoms with E-state index >= 15 is 0 Å². The number of likely N-dealkylation sites (tertiary alicyclic amines) is 1. The minimum absolute atomic E-state index is 0.0892. The van der Waals surface area contributed by atoms with Crippen LogP contribution in [0.4, 0.5) is 0 Å². The maximum absolute atomic E-state index is 11.3. The Kier molecular flexibility index (Phi) is 4.31. The molecule has 0 aromatic rings. The number of carboxylic acid groups (broad SMARTS) is 1. The van der Waals surface area contributed by atoms with E-state index in [2.05, 4.69) is 18.7 Å². The molecular formula is C15H27NO2.